The fraction of sp³-hybridized carbons (Fsp3) is 0.625. The molecule has 0 aliphatic carbocycles. The predicted molar refractivity (Wildman–Crippen MR) is 124 cm³/mol. The molecule has 2 fully saturated rings. The summed E-state index contributed by atoms with van der Waals surface area (Å²) in [6, 6.07) is 5.75. The summed E-state index contributed by atoms with van der Waals surface area (Å²) in [5.74, 6) is 1.15. The summed E-state index contributed by atoms with van der Waals surface area (Å²) in [6.45, 7) is 6.65. The molecule has 33 heavy (non-hydrogen) atoms. The van der Waals surface area contributed by atoms with Crippen LogP contribution in [0.25, 0.3) is 0 Å². The van der Waals surface area contributed by atoms with Crippen LogP contribution in [0, 0.1) is 5.92 Å². The Hall–Kier alpha value is -2.81. The standard InChI is InChI=1S/C24H36N4O5/c1-4-8-25-22(29)17-26-10-12-27(13-11-26)24(31)19-15-23(30)28(16-19)9-7-18-5-6-20(32-2)21(14-18)33-3/h5-6,14,19H,4,7-13,15-17H2,1-3H3,(H,25,29). The van der Waals surface area contributed by atoms with Crippen molar-refractivity contribution in [1.82, 2.24) is 20.0 Å². The molecule has 1 aromatic rings. The molecular weight excluding hydrogens is 424 g/mol. The first-order valence-electron chi connectivity index (χ1n) is 11.7. The molecule has 0 saturated carbocycles. The Morgan fingerprint density at radius 2 is 1.82 bits per heavy atom. The summed E-state index contributed by atoms with van der Waals surface area (Å²) in [6.07, 6.45) is 1.87. The lowest BCUT2D eigenvalue weighted by atomic mass is 10.1. The van der Waals surface area contributed by atoms with Gasteiger partial charge in [0.25, 0.3) is 0 Å². The molecule has 2 aliphatic rings. The Morgan fingerprint density at radius 3 is 2.48 bits per heavy atom. The van der Waals surface area contributed by atoms with Gasteiger partial charge in [0.05, 0.1) is 26.7 Å². The number of hydrogen-bond donors (Lipinski definition) is 1. The molecule has 1 atom stereocenters. The van der Waals surface area contributed by atoms with Crippen molar-refractivity contribution in [3.63, 3.8) is 0 Å². The lowest BCUT2D eigenvalue weighted by Gasteiger charge is -2.35. The molecule has 9 heteroatoms. The SMILES string of the molecule is CCCNC(=O)CN1CCN(C(=O)C2CC(=O)N(CCc3ccc(OC)c(OC)c3)C2)CC1. The smallest absolute Gasteiger partial charge is 0.234 e. The number of carbonyl (C=O) groups is 3. The van der Waals surface area contributed by atoms with E-state index >= 15 is 0 Å². The van der Waals surface area contributed by atoms with Gasteiger partial charge in [-0.1, -0.05) is 13.0 Å². The summed E-state index contributed by atoms with van der Waals surface area (Å²) in [5, 5.41) is 2.89. The Kier molecular flexibility index (Phi) is 8.94. The number of nitrogens with zero attached hydrogens (tertiary/aromatic N) is 3. The molecule has 2 heterocycles. The maximum absolute atomic E-state index is 13.0. The number of carbonyl (C=O) groups excluding carboxylic acids is 3. The Labute approximate surface area is 196 Å². The number of likely N-dealkylation sites (tertiary alicyclic amines) is 1. The fourth-order valence-corrected chi connectivity index (χ4v) is 4.36. The number of amides is 3. The fourth-order valence-electron chi connectivity index (χ4n) is 4.36. The minimum atomic E-state index is -0.290. The van der Waals surface area contributed by atoms with Crippen molar-refractivity contribution in [3.05, 3.63) is 23.8 Å². The summed E-state index contributed by atoms with van der Waals surface area (Å²) in [4.78, 5) is 43.2. The third-order valence-corrected chi connectivity index (χ3v) is 6.31. The van der Waals surface area contributed by atoms with Crippen LogP contribution < -0.4 is 14.8 Å². The first-order valence-corrected chi connectivity index (χ1v) is 11.7. The van der Waals surface area contributed by atoms with Crippen LogP contribution >= 0.6 is 0 Å². The molecule has 9 nitrogen and oxygen atoms in total. The van der Waals surface area contributed by atoms with Crippen LogP contribution in [0.2, 0.25) is 0 Å². The van der Waals surface area contributed by atoms with Gasteiger partial charge >= 0.3 is 0 Å². The van der Waals surface area contributed by atoms with E-state index in [-0.39, 0.29) is 30.1 Å². The zero-order valence-electron chi connectivity index (χ0n) is 20.0. The molecule has 0 bridgehead atoms. The van der Waals surface area contributed by atoms with E-state index in [0.717, 1.165) is 12.0 Å². The van der Waals surface area contributed by atoms with Crippen LogP contribution in [0.15, 0.2) is 18.2 Å². The predicted octanol–water partition coefficient (Wildman–Crippen LogP) is 0.765. The average molecular weight is 461 g/mol. The highest BCUT2D eigenvalue weighted by Crippen LogP contribution is 2.28. The van der Waals surface area contributed by atoms with Crippen molar-refractivity contribution in [3.8, 4) is 11.5 Å². The van der Waals surface area contributed by atoms with Crippen LogP contribution in [0.5, 0.6) is 11.5 Å². The molecule has 1 N–H and O–H groups in total. The van der Waals surface area contributed by atoms with E-state index in [4.69, 9.17) is 9.47 Å². The second-order valence-corrected chi connectivity index (χ2v) is 8.63. The molecule has 0 aromatic heterocycles. The van der Waals surface area contributed by atoms with Gasteiger partial charge in [-0.05, 0) is 30.5 Å². The van der Waals surface area contributed by atoms with Crippen molar-refractivity contribution in [1.29, 1.82) is 0 Å². The summed E-state index contributed by atoms with van der Waals surface area (Å²) in [7, 11) is 3.20. The first kappa shape index (κ1) is 24.8. The van der Waals surface area contributed by atoms with Crippen molar-refractivity contribution in [2.24, 2.45) is 5.92 Å². The summed E-state index contributed by atoms with van der Waals surface area (Å²) in [5.41, 5.74) is 1.05. The van der Waals surface area contributed by atoms with Gasteiger partial charge in [0, 0.05) is 52.2 Å². The topological polar surface area (TPSA) is 91.4 Å². The van der Waals surface area contributed by atoms with Gasteiger partial charge in [-0.3, -0.25) is 19.3 Å². The van der Waals surface area contributed by atoms with Crippen molar-refractivity contribution >= 4 is 17.7 Å². The number of hydrogen-bond acceptors (Lipinski definition) is 6. The highest BCUT2D eigenvalue weighted by atomic mass is 16.5. The molecule has 3 amide bonds. The van der Waals surface area contributed by atoms with E-state index in [9.17, 15) is 14.4 Å². The third-order valence-electron chi connectivity index (χ3n) is 6.31. The van der Waals surface area contributed by atoms with Gasteiger partial charge in [-0.15, -0.1) is 0 Å². The minimum absolute atomic E-state index is 0.0278. The first-order chi connectivity index (χ1) is 15.9. The Morgan fingerprint density at radius 1 is 1.09 bits per heavy atom. The highest BCUT2D eigenvalue weighted by Gasteiger charge is 2.37. The molecule has 3 rings (SSSR count). The van der Waals surface area contributed by atoms with Crippen LogP contribution in [-0.4, -0.2) is 99.0 Å². The maximum Gasteiger partial charge on any atom is 0.234 e. The van der Waals surface area contributed by atoms with E-state index < -0.39 is 0 Å². The number of rotatable bonds is 10. The normalized spacial score (nSPS) is 19.0. The van der Waals surface area contributed by atoms with Crippen molar-refractivity contribution in [2.45, 2.75) is 26.2 Å². The molecule has 2 saturated heterocycles. The Bertz CT molecular complexity index is 838. The monoisotopic (exact) mass is 460 g/mol. The molecule has 2 aliphatic heterocycles. The average Bonchev–Trinajstić information content (AvgIpc) is 3.21. The molecule has 1 aromatic carbocycles. The second kappa shape index (κ2) is 11.9. The molecule has 0 radical (unpaired) electrons. The number of nitrogens with one attached hydrogen (secondary N) is 1. The Balaban J connectivity index is 1.45. The molecule has 1 unspecified atom stereocenters. The minimum Gasteiger partial charge on any atom is -0.493 e. The molecule has 0 spiro atoms. The summed E-state index contributed by atoms with van der Waals surface area (Å²) < 4.78 is 10.6. The lowest BCUT2D eigenvalue weighted by Crippen LogP contribution is -2.52. The van der Waals surface area contributed by atoms with Gasteiger partial charge in [0.2, 0.25) is 17.7 Å². The van der Waals surface area contributed by atoms with Gasteiger partial charge in [-0.25, -0.2) is 0 Å². The highest BCUT2D eigenvalue weighted by molar-refractivity contribution is 5.89. The maximum atomic E-state index is 13.0. The number of piperazine rings is 1. The van der Waals surface area contributed by atoms with Gasteiger partial charge < -0.3 is 24.6 Å². The number of ether oxygens (including phenoxy) is 2. The van der Waals surface area contributed by atoms with Crippen molar-refractivity contribution < 1.29 is 23.9 Å². The number of benzene rings is 1. The summed E-state index contributed by atoms with van der Waals surface area (Å²) >= 11 is 0. The van der Waals surface area contributed by atoms with Gasteiger partial charge in [0.1, 0.15) is 0 Å². The van der Waals surface area contributed by atoms with Crippen LogP contribution in [0.4, 0.5) is 0 Å². The van der Waals surface area contributed by atoms with Gasteiger partial charge in [0.15, 0.2) is 11.5 Å². The van der Waals surface area contributed by atoms with Crippen LogP contribution in [0.1, 0.15) is 25.3 Å². The largest absolute Gasteiger partial charge is 0.493 e. The zero-order chi connectivity index (χ0) is 23.8. The van der Waals surface area contributed by atoms with Crippen LogP contribution in [0.3, 0.4) is 0 Å². The number of methoxy groups -OCH3 is 2. The van der Waals surface area contributed by atoms with E-state index in [1.807, 2.05) is 30.0 Å². The lowest BCUT2D eigenvalue weighted by molar-refractivity contribution is -0.137. The molecule has 182 valence electrons. The van der Waals surface area contributed by atoms with Gasteiger partial charge in [-0.2, -0.15) is 0 Å². The second-order valence-electron chi connectivity index (χ2n) is 8.63. The molecular formula is C24H36N4O5. The van der Waals surface area contributed by atoms with E-state index in [1.165, 1.54) is 0 Å². The van der Waals surface area contributed by atoms with Crippen molar-refractivity contribution in [2.75, 3.05) is 66.6 Å². The zero-order valence-corrected chi connectivity index (χ0v) is 20.0. The third kappa shape index (κ3) is 6.60. The van der Waals surface area contributed by atoms with E-state index in [2.05, 4.69) is 10.2 Å². The quantitative estimate of drug-likeness (QED) is 0.555. The van der Waals surface area contributed by atoms with E-state index in [1.54, 1.807) is 19.1 Å². The van der Waals surface area contributed by atoms with E-state index in [0.29, 0.717) is 70.3 Å². The van der Waals surface area contributed by atoms with Crippen LogP contribution in [-0.2, 0) is 20.8 Å².